The summed E-state index contributed by atoms with van der Waals surface area (Å²) >= 11 is 1.51. The molecule has 0 spiro atoms. The fourth-order valence-electron chi connectivity index (χ4n) is 3.18. The molecule has 0 bridgehead atoms. The van der Waals surface area contributed by atoms with Crippen molar-refractivity contribution in [2.75, 3.05) is 24.2 Å². The molecule has 5 heteroatoms. The molecular weight excluding hydrogens is 344 g/mol. The van der Waals surface area contributed by atoms with Gasteiger partial charge < -0.3 is 4.90 Å². The molecule has 1 heterocycles. The summed E-state index contributed by atoms with van der Waals surface area (Å²) in [5.74, 6) is -0.269. The number of hydrogen-bond donors (Lipinski definition) is 0. The SMILES string of the molecule is CSc1ccccc1C(=O)N(C(=O)N1CCCCC1)c1ccc(C)cc1. The summed E-state index contributed by atoms with van der Waals surface area (Å²) in [5, 5.41) is 0. The van der Waals surface area contributed by atoms with Gasteiger partial charge in [0.2, 0.25) is 0 Å². The zero-order chi connectivity index (χ0) is 18.5. The number of anilines is 1. The van der Waals surface area contributed by atoms with Gasteiger partial charge in [-0.2, -0.15) is 0 Å². The van der Waals surface area contributed by atoms with Crippen LogP contribution in [0.15, 0.2) is 53.4 Å². The first kappa shape index (κ1) is 18.5. The van der Waals surface area contributed by atoms with Crippen molar-refractivity contribution in [2.24, 2.45) is 0 Å². The van der Waals surface area contributed by atoms with Crippen molar-refractivity contribution < 1.29 is 9.59 Å². The van der Waals surface area contributed by atoms with Crippen molar-refractivity contribution in [3.8, 4) is 0 Å². The van der Waals surface area contributed by atoms with E-state index in [1.807, 2.05) is 55.6 Å². The van der Waals surface area contributed by atoms with E-state index in [-0.39, 0.29) is 11.9 Å². The third-order valence-electron chi connectivity index (χ3n) is 4.65. The minimum atomic E-state index is -0.269. The van der Waals surface area contributed by atoms with Gasteiger partial charge in [-0.05, 0) is 56.7 Å². The Labute approximate surface area is 159 Å². The molecule has 0 N–H and O–H groups in total. The van der Waals surface area contributed by atoms with Crippen molar-refractivity contribution in [3.05, 3.63) is 59.7 Å². The van der Waals surface area contributed by atoms with Gasteiger partial charge in [0, 0.05) is 18.0 Å². The highest BCUT2D eigenvalue weighted by molar-refractivity contribution is 7.98. The molecule has 1 saturated heterocycles. The molecule has 0 aliphatic carbocycles. The molecule has 2 aromatic carbocycles. The number of carbonyl (C=O) groups is 2. The lowest BCUT2D eigenvalue weighted by molar-refractivity contribution is 0.0980. The zero-order valence-corrected chi connectivity index (χ0v) is 16.1. The maximum atomic E-state index is 13.4. The van der Waals surface area contributed by atoms with Gasteiger partial charge in [0.25, 0.3) is 5.91 Å². The maximum Gasteiger partial charge on any atom is 0.331 e. The van der Waals surface area contributed by atoms with Crippen LogP contribution in [0.1, 0.15) is 35.2 Å². The van der Waals surface area contributed by atoms with Crippen LogP contribution in [-0.4, -0.2) is 36.2 Å². The molecule has 3 rings (SSSR count). The van der Waals surface area contributed by atoms with Gasteiger partial charge >= 0.3 is 6.03 Å². The van der Waals surface area contributed by atoms with E-state index in [2.05, 4.69) is 0 Å². The van der Waals surface area contributed by atoms with E-state index in [1.54, 1.807) is 11.0 Å². The number of carbonyl (C=O) groups excluding carboxylic acids is 2. The second-order valence-electron chi connectivity index (χ2n) is 6.51. The molecule has 26 heavy (non-hydrogen) atoms. The van der Waals surface area contributed by atoms with Gasteiger partial charge in [-0.25, -0.2) is 9.69 Å². The highest BCUT2D eigenvalue weighted by Crippen LogP contribution is 2.26. The van der Waals surface area contributed by atoms with Crippen LogP contribution in [0.4, 0.5) is 10.5 Å². The zero-order valence-electron chi connectivity index (χ0n) is 15.3. The Bertz CT molecular complexity index is 783. The Morgan fingerprint density at radius 3 is 2.27 bits per heavy atom. The van der Waals surface area contributed by atoms with E-state index >= 15 is 0 Å². The van der Waals surface area contributed by atoms with E-state index in [1.165, 1.54) is 16.7 Å². The molecule has 2 aromatic rings. The highest BCUT2D eigenvalue weighted by atomic mass is 32.2. The third-order valence-corrected chi connectivity index (χ3v) is 5.45. The number of imide groups is 1. The molecule has 136 valence electrons. The van der Waals surface area contributed by atoms with Crippen molar-refractivity contribution in [1.29, 1.82) is 0 Å². The van der Waals surface area contributed by atoms with Crippen LogP contribution in [0.2, 0.25) is 0 Å². The molecule has 3 amide bonds. The molecule has 1 aliphatic heterocycles. The number of hydrogen-bond acceptors (Lipinski definition) is 3. The van der Waals surface area contributed by atoms with Crippen LogP contribution in [0, 0.1) is 6.92 Å². The minimum Gasteiger partial charge on any atom is -0.324 e. The molecule has 0 atom stereocenters. The van der Waals surface area contributed by atoms with Crippen LogP contribution >= 0.6 is 11.8 Å². The lowest BCUT2D eigenvalue weighted by Crippen LogP contribution is -2.48. The van der Waals surface area contributed by atoms with Gasteiger partial charge in [0.05, 0.1) is 11.3 Å². The molecule has 1 fully saturated rings. The van der Waals surface area contributed by atoms with Crippen molar-refractivity contribution in [2.45, 2.75) is 31.1 Å². The Balaban J connectivity index is 2.00. The fraction of sp³-hybridized carbons (Fsp3) is 0.333. The first-order chi connectivity index (χ1) is 12.6. The van der Waals surface area contributed by atoms with Crippen molar-refractivity contribution in [1.82, 2.24) is 4.90 Å². The lowest BCUT2D eigenvalue weighted by atomic mass is 10.1. The van der Waals surface area contributed by atoms with Gasteiger partial charge in [0.1, 0.15) is 0 Å². The standard InChI is InChI=1S/C21H24N2O2S/c1-16-10-12-17(13-11-16)23(21(25)22-14-6-3-7-15-22)20(24)18-8-4-5-9-19(18)26-2/h4-5,8-13H,3,6-7,14-15H2,1-2H3. The van der Waals surface area contributed by atoms with E-state index in [9.17, 15) is 9.59 Å². The van der Waals surface area contributed by atoms with Gasteiger partial charge in [-0.15, -0.1) is 11.8 Å². The van der Waals surface area contributed by atoms with E-state index in [4.69, 9.17) is 0 Å². The number of aryl methyl sites for hydroxylation is 1. The molecule has 0 saturated carbocycles. The van der Waals surface area contributed by atoms with Crippen molar-refractivity contribution in [3.63, 3.8) is 0 Å². The lowest BCUT2D eigenvalue weighted by Gasteiger charge is -2.32. The number of amides is 3. The number of rotatable bonds is 3. The number of urea groups is 1. The van der Waals surface area contributed by atoms with E-state index in [0.29, 0.717) is 24.3 Å². The minimum absolute atomic E-state index is 0.227. The summed E-state index contributed by atoms with van der Waals surface area (Å²) in [6, 6.07) is 14.8. The van der Waals surface area contributed by atoms with Crippen LogP contribution in [0.25, 0.3) is 0 Å². The Morgan fingerprint density at radius 1 is 0.962 bits per heavy atom. The summed E-state index contributed by atoms with van der Waals surface area (Å²) in [6.07, 6.45) is 5.05. The molecule has 0 unspecified atom stereocenters. The monoisotopic (exact) mass is 368 g/mol. The van der Waals surface area contributed by atoms with Gasteiger partial charge in [0.15, 0.2) is 0 Å². The van der Waals surface area contributed by atoms with Gasteiger partial charge in [-0.3, -0.25) is 4.79 Å². The number of thioether (sulfide) groups is 1. The van der Waals surface area contributed by atoms with E-state index < -0.39 is 0 Å². The molecular formula is C21H24N2O2S. The van der Waals surface area contributed by atoms with Crippen LogP contribution < -0.4 is 4.90 Å². The largest absolute Gasteiger partial charge is 0.331 e. The first-order valence-electron chi connectivity index (χ1n) is 8.95. The number of likely N-dealkylation sites (tertiary alicyclic amines) is 1. The van der Waals surface area contributed by atoms with E-state index in [0.717, 1.165) is 29.7 Å². The smallest absolute Gasteiger partial charge is 0.324 e. The first-order valence-corrected chi connectivity index (χ1v) is 10.2. The topological polar surface area (TPSA) is 40.6 Å². The summed E-state index contributed by atoms with van der Waals surface area (Å²) in [7, 11) is 0. The Morgan fingerprint density at radius 2 is 1.62 bits per heavy atom. The van der Waals surface area contributed by atoms with Crippen LogP contribution in [-0.2, 0) is 0 Å². The normalized spacial score (nSPS) is 14.2. The quantitative estimate of drug-likeness (QED) is 0.718. The van der Waals surface area contributed by atoms with Crippen LogP contribution in [0.5, 0.6) is 0 Å². The summed E-state index contributed by atoms with van der Waals surface area (Å²) in [5.41, 5.74) is 2.27. The molecule has 1 aliphatic rings. The Kier molecular flexibility index (Phi) is 5.99. The van der Waals surface area contributed by atoms with Crippen LogP contribution in [0.3, 0.4) is 0 Å². The highest BCUT2D eigenvalue weighted by Gasteiger charge is 2.30. The second-order valence-corrected chi connectivity index (χ2v) is 7.35. The summed E-state index contributed by atoms with van der Waals surface area (Å²) in [6.45, 7) is 3.41. The fourth-order valence-corrected chi connectivity index (χ4v) is 3.77. The Hall–Kier alpha value is -2.27. The average molecular weight is 369 g/mol. The predicted molar refractivity (Wildman–Crippen MR) is 107 cm³/mol. The maximum absolute atomic E-state index is 13.4. The van der Waals surface area contributed by atoms with Gasteiger partial charge in [-0.1, -0.05) is 29.8 Å². The summed E-state index contributed by atoms with van der Waals surface area (Å²) < 4.78 is 0. The number of benzene rings is 2. The average Bonchev–Trinajstić information content (AvgIpc) is 2.70. The number of nitrogens with zero attached hydrogens (tertiary/aromatic N) is 2. The molecule has 4 nitrogen and oxygen atoms in total. The summed E-state index contributed by atoms with van der Waals surface area (Å²) in [4.78, 5) is 30.6. The number of piperidine rings is 1. The second kappa shape index (κ2) is 8.41. The molecule has 0 radical (unpaired) electrons. The predicted octanol–water partition coefficient (Wildman–Crippen LogP) is 4.97. The third kappa shape index (κ3) is 3.93. The van der Waals surface area contributed by atoms with Crippen molar-refractivity contribution >= 4 is 29.4 Å². The molecule has 0 aromatic heterocycles.